The standard InChI is InChI=1S/C9H10N3O/c13-9-8(10-1-2-11-9)12-4-6-3-7(6)5-12/h1,6-7H,3-5H2,(H,11,13). The Hall–Kier alpha value is -1.32. The van der Waals surface area contributed by atoms with Gasteiger partial charge in [-0.3, -0.25) is 4.79 Å². The highest BCUT2D eigenvalue weighted by Gasteiger charge is 2.45. The number of piperidine rings is 1. The van der Waals surface area contributed by atoms with Gasteiger partial charge in [0.2, 0.25) is 0 Å². The van der Waals surface area contributed by atoms with Crippen molar-refractivity contribution < 1.29 is 0 Å². The van der Waals surface area contributed by atoms with E-state index in [-0.39, 0.29) is 5.56 Å². The quantitative estimate of drug-likeness (QED) is 0.656. The van der Waals surface area contributed by atoms with Crippen molar-refractivity contribution in [3.63, 3.8) is 0 Å². The Balaban J connectivity index is 1.92. The largest absolute Gasteiger partial charge is 0.351 e. The van der Waals surface area contributed by atoms with Crippen LogP contribution in [0.5, 0.6) is 0 Å². The van der Waals surface area contributed by atoms with Crippen LogP contribution in [-0.2, 0) is 0 Å². The lowest BCUT2D eigenvalue weighted by atomic mass is 10.4. The normalized spacial score (nSPS) is 30.3. The van der Waals surface area contributed by atoms with Gasteiger partial charge in [0.25, 0.3) is 5.56 Å². The van der Waals surface area contributed by atoms with Crippen molar-refractivity contribution >= 4 is 5.82 Å². The first-order valence-electron chi connectivity index (χ1n) is 4.55. The van der Waals surface area contributed by atoms with Crippen molar-refractivity contribution in [1.29, 1.82) is 0 Å². The monoisotopic (exact) mass is 176 g/mol. The van der Waals surface area contributed by atoms with Crippen LogP contribution in [-0.4, -0.2) is 23.1 Å². The summed E-state index contributed by atoms with van der Waals surface area (Å²) in [5.74, 6) is 2.21. The zero-order valence-corrected chi connectivity index (χ0v) is 7.16. The second-order valence-corrected chi connectivity index (χ2v) is 3.84. The molecule has 3 rings (SSSR count). The summed E-state index contributed by atoms with van der Waals surface area (Å²) in [6.45, 7) is 2.01. The molecule has 1 aromatic heterocycles. The second kappa shape index (κ2) is 2.34. The lowest BCUT2D eigenvalue weighted by Gasteiger charge is -2.16. The maximum absolute atomic E-state index is 11.3. The summed E-state index contributed by atoms with van der Waals surface area (Å²) in [4.78, 5) is 20.0. The molecule has 1 saturated heterocycles. The van der Waals surface area contributed by atoms with Gasteiger partial charge in [0, 0.05) is 13.1 Å². The molecule has 0 amide bonds. The van der Waals surface area contributed by atoms with Crippen molar-refractivity contribution in [2.24, 2.45) is 11.8 Å². The van der Waals surface area contributed by atoms with Crippen molar-refractivity contribution in [2.75, 3.05) is 18.0 Å². The van der Waals surface area contributed by atoms with E-state index in [1.54, 1.807) is 0 Å². The van der Waals surface area contributed by atoms with E-state index in [9.17, 15) is 4.79 Å². The van der Waals surface area contributed by atoms with E-state index < -0.39 is 0 Å². The Morgan fingerprint density at radius 2 is 2.31 bits per heavy atom. The fourth-order valence-corrected chi connectivity index (χ4v) is 2.10. The molecule has 1 radical (unpaired) electrons. The molecule has 2 aliphatic rings. The zero-order valence-electron chi connectivity index (χ0n) is 7.16. The molecule has 2 fully saturated rings. The molecule has 2 heterocycles. The van der Waals surface area contributed by atoms with Crippen LogP contribution >= 0.6 is 0 Å². The average Bonchev–Trinajstić information content (AvgIpc) is 2.75. The van der Waals surface area contributed by atoms with Gasteiger partial charge < -0.3 is 9.88 Å². The summed E-state index contributed by atoms with van der Waals surface area (Å²) in [7, 11) is 0. The fraction of sp³-hybridized carbons (Fsp3) is 0.556. The summed E-state index contributed by atoms with van der Waals surface area (Å²) < 4.78 is 0. The molecule has 1 saturated carbocycles. The first-order valence-corrected chi connectivity index (χ1v) is 4.55. The Bertz CT molecular complexity index is 376. The maximum Gasteiger partial charge on any atom is 0.291 e. The summed E-state index contributed by atoms with van der Waals surface area (Å²) in [6.07, 6.45) is 5.43. The van der Waals surface area contributed by atoms with Crippen LogP contribution < -0.4 is 10.5 Å². The summed E-state index contributed by atoms with van der Waals surface area (Å²) >= 11 is 0. The van der Waals surface area contributed by atoms with Gasteiger partial charge in [-0.1, -0.05) is 0 Å². The van der Waals surface area contributed by atoms with Crippen LogP contribution in [0, 0.1) is 18.0 Å². The molecule has 0 bridgehead atoms. The van der Waals surface area contributed by atoms with E-state index >= 15 is 0 Å². The second-order valence-electron chi connectivity index (χ2n) is 3.84. The zero-order chi connectivity index (χ0) is 8.84. The lowest BCUT2D eigenvalue weighted by molar-refractivity contribution is 0.795. The molecule has 4 nitrogen and oxygen atoms in total. The maximum atomic E-state index is 11.3. The van der Waals surface area contributed by atoms with Gasteiger partial charge in [0.05, 0.1) is 12.4 Å². The summed E-state index contributed by atoms with van der Waals surface area (Å²) in [5, 5.41) is 0. The molecule has 67 valence electrons. The Morgan fingerprint density at radius 1 is 1.54 bits per heavy atom. The molecule has 0 spiro atoms. The van der Waals surface area contributed by atoms with E-state index in [0.29, 0.717) is 5.82 Å². The molecular weight excluding hydrogens is 166 g/mol. The highest BCUT2D eigenvalue weighted by Crippen LogP contribution is 2.45. The minimum Gasteiger partial charge on any atom is -0.351 e. The molecule has 13 heavy (non-hydrogen) atoms. The summed E-state index contributed by atoms with van der Waals surface area (Å²) in [6, 6.07) is 0. The molecule has 1 aromatic rings. The minimum absolute atomic E-state index is 0.121. The number of nitrogens with one attached hydrogen (secondary N) is 1. The molecule has 2 atom stereocenters. The van der Waals surface area contributed by atoms with Crippen LogP contribution in [0.2, 0.25) is 0 Å². The van der Waals surface area contributed by atoms with Crippen molar-refractivity contribution in [3.8, 4) is 0 Å². The van der Waals surface area contributed by atoms with Gasteiger partial charge in [0.1, 0.15) is 0 Å². The third-order valence-electron chi connectivity index (χ3n) is 2.92. The number of rotatable bonds is 1. The number of aromatic amines is 1. The Kier molecular flexibility index (Phi) is 1.28. The third kappa shape index (κ3) is 1.05. The van der Waals surface area contributed by atoms with Gasteiger partial charge >= 0.3 is 0 Å². The number of anilines is 1. The van der Waals surface area contributed by atoms with Crippen LogP contribution in [0.4, 0.5) is 5.82 Å². The number of fused-ring (bicyclic) bond motifs is 1. The topological polar surface area (TPSA) is 49.0 Å². The van der Waals surface area contributed by atoms with Crippen molar-refractivity contribution in [2.45, 2.75) is 6.42 Å². The van der Waals surface area contributed by atoms with Gasteiger partial charge in [-0.2, -0.15) is 0 Å². The Morgan fingerprint density at radius 3 is 3.00 bits per heavy atom. The van der Waals surface area contributed by atoms with Gasteiger partial charge in [-0.05, 0) is 18.3 Å². The number of aromatic nitrogens is 2. The van der Waals surface area contributed by atoms with E-state index in [4.69, 9.17) is 0 Å². The molecule has 1 aliphatic carbocycles. The van der Waals surface area contributed by atoms with E-state index in [2.05, 4.69) is 21.1 Å². The van der Waals surface area contributed by atoms with E-state index in [0.717, 1.165) is 24.9 Å². The highest BCUT2D eigenvalue weighted by atomic mass is 16.1. The van der Waals surface area contributed by atoms with Gasteiger partial charge in [0.15, 0.2) is 5.82 Å². The van der Waals surface area contributed by atoms with Crippen LogP contribution in [0.15, 0.2) is 11.0 Å². The SMILES string of the molecule is O=c1[nH][c]cnc1N1CC2CC2C1. The Labute approximate surface area is 75.6 Å². The number of H-pyrrole nitrogens is 1. The molecule has 4 heteroatoms. The van der Waals surface area contributed by atoms with Crippen molar-refractivity contribution in [1.82, 2.24) is 9.97 Å². The molecule has 2 unspecified atom stereocenters. The summed E-state index contributed by atoms with van der Waals surface area (Å²) in [5.41, 5.74) is -0.121. The predicted octanol–water partition coefficient (Wildman–Crippen LogP) is 0.0262. The first-order chi connectivity index (χ1) is 6.34. The number of hydrogen-bond donors (Lipinski definition) is 1. The molecule has 0 aromatic carbocycles. The number of nitrogens with zero attached hydrogens (tertiary/aromatic N) is 2. The van der Waals surface area contributed by atoms with Gasteiger partial charge in [-0.25, -0.2) is 4.98 Å². The minimum atomic E-state index is -0.121. The van der Waals surface area contributed by atoms with Crippen LogP contribution in [0.1, 0.15) is 6.42 Å². The van der Waals surface area contributed by atoms with Crippen LogP contribution in [0.25, 0.3) is 0 Å². The lowest BCUT2D eigenvalue weighted by Crippen LogP contribution is -2.29. The van der Waals surface area contributed by atoms with E-state index in [1.165, 1.54) is 12.6 Å². The fourth-order valence-electron chi connectivity index (χ4n) is 2.10. The van der Waals surface area contributed by atoms with Crippen LogP contribution in [0.3, 0.4) is 0 Å². The third-order valence-corrected chi connectivity index (χ3v) is 2.92. The highest BCUT2D eigenvalue weighted by molar-refractivity contribution is 5.38. The predicted molar refractivity (Wildman–Crippen MR) is 47.5 cm³/mol. The van der Waals surface area contributed by atoms with Crippen molar-refractivity contribution in [3.05, 3.63) is 22.7 Å². The van der Waals surface area contributed by atoms with Gasteiger partial charge in [-0.15, -0.1) is 0 Å². The molecular formula is C9H10N3O. The smallest absolute Gasteiger partial charge is 0.291 e. The number of hydrogen-bond acceptors (Lipinski definition) is 3. The average molecular weight is 176 g/mol. The first kappa shape index (κ1) is 7.12. The van der Waals surface area contributed by atoms with E-state index in [1.807, 2.05) is 0 Å². The molecule has 1 N–H and O–H groups in total. The molecule has 1 aliphatic heterocycles.